The van der Waals surface area contributed by atoms with Crippen molar-refractivity contribution >= 4 is 0 Å². The summed E-state index contributed by atoms with van der Waals surface area (Å²) in [5.41, 5.74) is -4.32. The van der Waals surface area contributed by atoms with Crippen molar-refractivity contribution in [3.8, 4) is 23.3 Å². The highest BCUT2D eigenvalue weighted by atomic mass is 19.2. The third-order valence-corrected chi connectivity index (χ3v) is 2.78. The highest BCUT2D eigenvalue weighted by Crippen LogP contribution is 2.34. The molecule has 0 atom stereocenters. The summed E-state index contributed by atoms with van der Waals surface area (Å²) in [6.07, 6.45) is -1.01. The van der Waals surface area contributed by atoms with Crippen molar-refractivity contribution in [3.05, 3.63) is 46.6 Å². The van der Waals surface area contributed by atoms with Crippen LogP contribution in [0.3, 0.4) is 0 Å². The zero-order valence-electron chi connectivity index (χ0n) is 10.8. The van der Waals surface area contributed by atoms with Gasteiger partial charge in [0.25, 0.3) is 0 Å². The van der Waals surface area contributed by atoms with Crippen molar-refractivity contribution < 1.29 is 26.3 Å². The van der Waals surface area contributed by atoms with Gasteiger partial charge in [-0.05, 0) is 0 Å². The average Bonchev–Trinajstić information content (AvgIpc) is 2.51. The van der Waals surface area contributed by atoms with E-state index in [-0.39, 0.29) is 0 Å². The fourth-order valence-corrected chi connectivity index (χ4v) is 1.80. The summed E-state index contributed by atoms with van der Waals surface area (Å²) in [6.45, 7) is 0. The van der Waals surface area contributed by atoms with Crippen LogP contribution >= 0.6 is 0 Å². The van der Waals surface area contributed by atoms with Crippen molar-refractivity contribution in [3.63, 3.8) is 0 Å². The minimum absolute atomic E-state index is 0.968. The molecule has 0 unspecified atom stereocenters. The minimum atomic E-state index is -2.22. The Hall–Kier alpha value is -3.14. The van der Waals surface area contributed by atoms with Crippen molar-refractivity contribution in [2.45, 2.75) is 6.42 Å². The zero-order valence-corrected chi connectivity index (χ0v) is 10.8. The van der Waals surface area contributed by atoms with Crippen molar-refractivity contribution in [2.24, 2.45) is 0 Å². The maximum absolute atomic E-state index is 14.1. The molecule has 1 heterocycles. The molecule has 0 N–H and O–H groups in total. The Morgan fingerprint density at radius 2 is 1.30 bits per heavy atom. The summed E-state index contributed by atoms with van der Waals surface area (Å²) in [6, 6.07) is 2.51. The van der Waals surface area contributed by atoms with E-state index in [9.17, 15) is 26.3 Å². The minimum Gasteiger partial charge on any atom is -0.206 e. The summed E-state index contributed by atoms with van der Waals surface area (Å²) in [5, 5.41) is 16.9. The Morgan fingerprint density at radius 1 is 0.739 bits per heavy atom. The molecule has 0 fully saturated rings. The van der Waals surface area contributed by atoms with E-state index >= 15 is 0 Å². The first-order chi connectivity index (χ1) is 10.8. The number of halogens is 6. The van der Waals surface area contributed by atoms with E-state index in [4.69, 9.17) is 10.5 Å². The number of aromatic nitrogens is 2. The highest BCUT2D eigenvalue weighted by Gasteiger charge is 2.30. The first kappa shape index (κ1) is 16.2. The number of hydrogen-bond donors (Lipinski definition) is 0. The van der Waals surface area contributed by atoms with Gasteiger partial charge < -0.3 is 0 Å². The number of rotatable bonds is 2. The standard InChI is InChI=1S/C13H2F6N4/c14-8-4(1-2-20)9(15)11(17)10(16)6(8)7-12(18)22-5(3-21)23-13(7)19/h1H2. The van der Waals surface area contributed by atoms with Crippen molar-refractivity contribution in [2.75, 3.05) is 0 Å². The topological polar surface area (TPSA) is 73.4 Å². The second kappa shape index (κ2) is 5.93. The van der Waals surface area contributed by atoms with Crippen LogP contribution in [0.2, 0.25) is 0 Å². The van der Waals surface area contributed by atoms with Crippen molar-refractivity contribution in [1.82, 2.24) is 9.97 Å². The molecule has 0 aliphatic rings. The van der Waals surface area contributed by atoms with Crippen LogP contribution in [-0.4, -0.2) is 9.97 Å². The second-order valence-corrected chi connectivity index (χ2v) is 4.06. The van der Waals surface area contributed by atoms with Crippen LogP contribution < -0.4 is 0 Å². The summed E-state index contributed by atoms with van der Waals surface area (Å²) < 4.78 is 82.3. The van der Waals surface area contributed by atoms with Gasteiger partial charge in [0.1, 0.15) is 11.9 Å². The van der Waals surface area contributed by atoms with Gasteiger partial charge in [0, 0.05) is 5.56 Å². The fourth-order valence-electron chi connectivity index (χ4n) is 1.80. The van der Waals surface area contributed by atoms with Gasteiger partial charge >= 0.3 is 0 Å². The zero-order chi connectivity index (χ0) is 17.3. The van der Waals surface area contributed by atoms with Crippen LogP contribution in [0.25, 0.3) is 11.1 Å². The molecule has 0 amide bonds. The number of nitrogens with zero attached hydrogens (tertiary/aromatic N) is 4. The lowest BCUT2D eigenvalue weighted by Gasteiger charge is -2.11. The third-order valence-electron chi connectivity index (χ3n) is 2.78. The molecule has 0 aliphatic carbocycles. The molecule has 2 rings (SSSR count). The highest BCUT2D eigenvalue weighted by molar-refractivity contribution is 5.66. The molecule has 4 nitrogen and oxygen atoms in total. The van der Waals surface area contributed by atoms with Gasteiger partial charge in [0.2, 0.25) is 17.7 Å². The van der Waals surface area contributed by atoms with Gasteiger partial charge in [-0.25, -0.2) is 17.6 Å². The normalized spacial score (nSPS) is 10.3. The van der Waals surface area contributed by atoms with E-state index in [1.165, 1.54) is 12.1 Å². The Morgan fingerprint density at radius 3 is 1.78 bits per heavy atom. The van der Waals surface area contributed by atoms with Crippen LogP contribution in [0.4, 0.5) is 26.3 Å². The molecule has 1 aromatic carbocycles. The van der Waals surface area contributed by atoms with E-state index in [1.54, 1.807) is 0 Å². The Bertz CT molecular complexity index is 874. The monoisotopic (exact) mass is 328 g/mol. The van der Waals surface area contributed by atoms with Crippen LogP contribution in [0, 0.1) is 57.8 Å². The lowest BCUT2D eigenvalue weighted by molar-refractivity contribution is 0.427. The molecule has 0 saturated carbocycles. The molecule has 0 saturated heterocycles. The van der Waals surface area contributed by atoms with Gasteiger partial charge in [-0.3, -0.25) is 0 Å². The molecular formula is C13H2F6N4. The molecule has 116 valence electrons. The van der Waals surface area contributed by atoms with E-state index < -0.39 is 64.1 Å². The van der Waals surface area contributed by atoms with Crippen LogP contribution in [-0.2, 0) is 6.42 Å². The van der Waals surface area contributed by atoms with Crippen molar-refractivity contribution in [1.29, 1.82) is 10.5 Å². The SMILES string of the molecule is N#CCc1c(F)c(F)c(F)c(-c2c(F)nc(C#N)nc2F)c1F. The molecule has 0 spiro atoms. The molecule has 0 radical (unpaired) electrons. The van der Waals surface area contributed by atoms with Gasteiger partial charge in [-0.2, -0.15) is 29.3 Å². The van der Waals surface area contributed by atoms with E-state index in [1.807, 2.05) is 0 Å². The Kier molecular flexibility index (Phi) is 4.18. The first-order valence-corrected chi connectivity index (χ1v) is 5.68. The summed E-state index contributed by atoms with van der Waals surface area (Å²) in [7, 11) is 0. The number of nitriles is 2. The third kappa shape index (κ3) is 2.55. The Labute approximate surface area is 124 Å². The largest absolute Gasteiger partial charge is 0.237 e. The molecule has 23 heavy (non-hydrogen) atoms. The fraction of sp³-hybridized carbons (Fsp3) is 0.0769. The van der Waals surface area contributed by atoms with E-state index in [2.05, 4.69) is 9.97 Å². The predicted molar refractivity (Wildman–Crippen MR) is 61.2 cm³/mol. The Balaban J connectivity index is 2.91. The molecule has 1 aromatic heterocycles. The molecule has 0 aliphatic heterocycles. The second-order valence-electron chi connectivity index (χ2n) is 4.06. The smallest absolute Gasteiger partial charge is 0.206 e. The van der Waals surface area contributed by atoms with E-state index in [0.717, 1.165) is 0 Å². The molecular weight excluding hydrogens is 326 g/mol. The quantitative estimate of drug-likeness (QED) is 0.368. The van der Waals surface area contributed by atoms with Gasteiger partial charge in [0.15, 0.2) is 17.5 Å². The van der Waals surface area contributed by atoms with E-state index in [0.29, 0.717) is 0 Å². The summed E-state index contributed by atoms with van der Waals surface area (Å²) >= 11 is 0. The molecule has 2 aromatic rings. The molecule has 0 bridgehead atoms. The van der Waals surface area contributed by atoms with Gasteiger partial charge in [-0.1, -0.05) is 0 Å². The van der Waals surface area contributed by atoms with Crippen LogP contribution in [0.15, 0.2) is 0 Å². The maximum Gasteiger partial charge on any atom is 0.237 e. The summed E-state index contributed by atoms with van der Waals surface area (Å²) in [4.78, 5) is 5.69. The first-order valence-electron chi connectivity index (χ1n) is 5.68. The van der Waals surface area contributed by atoms with Crippen LogP contribution in [0.5, 0.6) is 0 Å². The predicted octanol–water partition coefficient (Wildman–Crippen LogP) is 2.92. The maximum atomic E-state index is 14.1. The number of benzene rings is 1. The number of hydrogen-bond acceptors (Lipinski definition) is 4. The van der Waals surface area contributed by atoms with Crippen LogP contribution in [0.1, 0.15) is 11.4 Å². The van der Waals surface area contributed by atoms with Gasteiger partial charge in [-0.15, -0.1) is 0 Å². The average molecular weight is 328 g/mol. The summed E-state index contributed by atoms with van der Waals surface area (Å²) in [5.74, 6) is -12.9. The lowest BCUT2D eigenvalue weighted by atomic mass is 10.0. The molecule has 10 heteroatoms. The van der Waals surface area contributed by atoms with Gasteiger partial charge in [0.05, 0.1) is 23.6 Å². The lowest BCUT2D eigenvalue weighted by Crippen LogP contribution is -2.10.